The number of nitrogens with one attached hydrogen (secondary N) is 1. The van der Waals surface area contributed by atoms with Crippen LogP contribution in [0, 0.1) is 0 Å². The number of benzene rings is 2. The maximum absolute atomic E-state index is 12.3. The second kappa shape index (κ2) is 9.00. The largest absolute Gasteiger partial charge is 0.326 e. The summed E-state index contributed by atoms with van der Waals surface area (Å²) in [5.74, 6) is 1.39. The average molecular weight is 431 g/mol. The van der Waals surface area contributed by atoms with Gasteiger partial charge in [-0.15, -0.1) is 10.2 Å². The van der Waals surface area contributed by atoms with Crippen molar-refractivity contribution in [2.45, 2.75) is 30.8 Å². The number of carbonyl (C=O) groups excluding carboxylic acids is 1. The average Bonchev–Trinajstić information content (AvgIpc) is 3.03. The quantitative estimate of drug-likeness (QED) is 0.559. The standard InChI is InChI=1S/C19H19BrN4OS/c1-2-24-17(12-18(25)21-16-6-4-3-5-7-16)22-23-19(24)26-13-14-8-10-15(20)11-9-14/h3-11H,2,12-13H2,1H3,(H,21,25). The molecule has 0 bridgehead atoms. The molecule has 0 fully saturated rings. The van der Waals surface area contributed by atoms with Gasteiger partial charge in [0.15, 0.2) is 5.16 Å². The van der Waals surface area contributed by atoms with Gasteiger partial charge >= 0.3 is 0 Å². The van der Waals surface area contributed by atoms with Crippen LogP contribution in [0.5, 0.6) is 0 Å². The molecule has 0 saturated heterocycles. The molecule has 5 nitrogen and oxygen atoms in total. The number of aromatic nitrogens is 3. The molecule has 2 aromatic carbocycles. The van der Waals surface area contributed by atoms with E-state index in [1.54, 1.807) is 11.8 Å². The van der Waals surface area contributed by atoms with Crippen LogP contribution in [0.4, 0.5) is 5.69 Å². The van der Waals surface area contributed by atoms with Gasteiger partial charge in [-0.1, -0.05) is 58.0 Å². The number of thioether (sulfide) groups is 1. The highest BCUT2D eigenvalue weighted by molar-refractivity contribution is 9.10. The minimum atomic E-state index is -0.0947. The van der Waals surface area contributed by atoms with Crippen LogP contribution in [-0.4, -0.2) is 20.7 Å². The molecule has 0 spiro atoms. The Kier molecular flexibility index (Phi) is 6.46. The smallest absolute Gasteiger partial charge is 0.232 e. The van der Waals surface area contributed by atoms with E-state index in [9.17, 15) is 4.79 Å². The monoisotopic (exact) mass is 430 g/mol. The molecule has 134 valence electrons. The number of nitrogens with zero attached hydrogens (tertiary/aromatic N) is 3. The molecule has 0 aliphatic heterocycles. The normalized spacial score (nSPS) is 10.7. The second-order valence-corrected chi connectivity index (χ2v) is 7.51. The van der Waals surface area contributed by atoms with Gasteiger partial charge in [0, 0.05) is 22.5 Å². The van der Waals surface area contributed by atoms with Gasteiger partial charge in [-0.3, -0.25) is 4.79 Å². The van der Waals surface area contributed by atoms with Crippen molar-refractivity contribution in [1.29, 1.82) is 0 Å². The number of para-hydroxylation sites is 1. The minimum absolute atomic E-state index is 0.0947. The van der Waals surface area contributed by atoms with Gasteiger partial charge < -0.3 is 9.88 Å². The number of hydrogen-bond acceptors (Lipinski definition) is 4. The van der Waals surface area contributed by atoms with Crippen LogP contribution < -0.4 is 5.32 Å². The Balaban J connectivity index is 1.63. The van der Waals surface area contributed by atoms with Gasteiger partial charge in [-0.2, -0.15) is 0 Å². The van der Waals surface area contributed by atoms with Crippen molar-refractivity contribution in [2.24, 2.45) is 0 Å². The van der Waals surface area contributed by atoms with E-state index in [2.05, 4.69) is 43.6 Å². The van der Waals surface area contributed by atoms with Gasteiger partial charge in [0.1, 0.15) is 5.82 Å². The first-order chi connectivity index (χ1) is 12.7. The summed E-state index contributed by atoms with van der Waals surface area (Å²) in [6.07, 6.45) is 0.203. The molecule has 1 aromatic heterocycles. The van der Waals surface area contributed by atoms with Gasteiger partial charge in [0.2, 0.25) is 5.91 Å². The fourth-order valence-electron chi connectivity index (χ4n) is 2.47. The van der Waals surface area contributed by atoms with E-state index in [4.69, 9.17) is 0 Å². The Morgan fingerprint density at radius 3 is 2.54 bits per heavy atom. The van der Waals surface area contributed by atoms with Gasteiger partial charge in [0.05, 0.1) is 6.42 Å². The Morgan fingerprint density at radius 2 is 1.85 bits per heavy atom. The molecule has 0 aliphatic carbocycles. The van der Waals surface area contributed by atoms with Crippen LogP contribution in [0.3, 0.4) is 0 Å². The number of carbonyl (C=O) groups is 1. The molecule has 0 atom stereocenters. The first kappa shape index (κ1) is 18.7. The molecule has 1 N–H and O–H groups in total. The van der Waals surface area contributed by atoms with E-state index < -0.39 is 0 Å². The molecular weight excluding hydrogens is 412 g/mol. The van der Waals surface area contributed by atoms with Crippen molar-refractivity contribution in [1.82, 2.24) is 14.8 Å². The molecule has 1 amide bonds. The third kappa shape index (κ3) is 4.95. The zero-order valence-electron chi connectivity index (χ0n) is 14.4. The third-order valence-electron chi connectivity index (χ3n) is 3.77. The van der Waals surface area contributed by atoms with Crippen molar-refractivity contribution in [3.63, 3.8) is 0 Å². The third-order valence-corrected chi connectivity index (χ3v) is 5.33. The maximum atomic E-state index is 12.3. The van der Waals surface area contributed by atoms with E-state index in [1.165, 1.54) is 5.56 Å². The van der Waals surface area contributed by atoms with E-state index >= 15 is 0 Å². The number of amides is 1. The molecule has 1 heterocycles. The van der Waals surface area contributed by atoms with E-state index in [1.807, 2.05) is 54.0 Å². The van der Waals surface area contributed by atoms with Crippen molar-refractivity contribution >= 4 is 39.3 Å². The highest BCUT2D eigenvalue weighted by Gasteiger charge is 2.15. The number of hydrogen-bond donors (Lipinski definition) is 1. The first-order valence-electron chi connectivity index (χ1n) is 8.30. The molecule has 3 aromatic rings. The first-order valence-corrected chi connectivity index (χ1v) is 10.1. The Morgan fingerprint density at radius 1 is 1.12 bits per heavy atom. The number of rotatable bonds is 7. The lowest BCUT2D eigenvalue weighted by Gasteiger charge is -2.08. The fraction of sp³-hybridized carbons (Fsp3) is 0.211. The number of anilines is 1. The van der Waals surface area contributed by atoms with Crippen LogP contribution in [-0.2, 0) is 23.5 Å². The summed E-state index contributed by atoms with van der Waals surface area (Å²) in [5.41, 5.74) is 2.00. The zero-order chi connectivity index (χ0) is 18.4. The summed E-state index contributed by atoms with van der Waals surface area (Å²) in [4.78, 5) is 12.3. The van der Waals surface area contributed by atoms with E-state index in [0.717, 1.165) is 27.6 Å². The molecule has 0 radical (unpaired) electrons. The number of halogens is 1. The summed E-state index contributed by atoms with van der Waals surface area (Å²) >= 11 is 5.07. The van der Waals surface area contributed by atoms with Crippen LogP contribution >= 0.6 is 27.7 Å². The summed E-state index contributed by atoms with van der Waals surface area (Å²) in [5, 5.41) is 12.2. The van der Waals surface area contributed by atoms with Crippen molar-refractivity contribution in [2.75, 3.05) is 5.32 Å². The predicted molar refractivity (Wildman–Crippen MR) is 108 cm³/mol. The Hall–Kier alpha value is -2.12. The van der Waals surface area contributed by atoms with Gasteiger partial charge in [0.25, 0.3) is 0 Å². The molecule has 7 heteroatoms. The molecule has 3 rings (SSSR count). The van der Waals surface area contributed by atoms with Crippen molar-refractivity contribution in [3.8, 4) is 0 Å². The fourth-order valence-corrected chi connectivity index (χ4v) is 3.71. The summed E-state index contributed by atoms with van der Waals surface area (Å²) in [6.45, 7) is 2.76. The van der Waals surface area contributed by atoms with E-state index in [-0.39, 0.29) is 12.3 Å². The highest BCUT2D eigenvalue weighted by Crippen LogP contribution is 2.23. The van der Waals surface area contributed by atoms with Crippen molar-refractivity contribution < 1.29 is 4.79 Å². The SMILES string of the molecule is CCn1c(CC(=O)Nc2ccccc2)nnc1SCc1ccc(Br)cc1. The topological polar surface area (TPSA) is 59.8 Å². The summed E-state index contributed by atoms with van der Waals surface area (Å²) in [7, 11) is 0. The minimum Gasteiger partial charge on any atom is -0.326 e. The lowest BCUT2D eigenvalue weighted by molar-refractivity contribution is -0.115. The van der Waals surface area contributed by atoms with Gasteiger partial charge in [-0.25, -0.2) is 0 Å². The molecule has 0 aliphatic rings. The lowest BCUT2D eigenvalue weighted by Crippen LogP contribution is -2.17. The molecule has 0 saturated carbocycles. The van der Waals surface area contributed by atoms with Crippen LogP contribution in [0.25, 0.3) is 0 Å². The summed E-state index contributed by atoms with van der Waals surface area (Å²) in [6, 6.07) is 17.6. The van der Waals surface area contributed by atoms with Crippen LogP contribution in [0.15, 0.2) is 64.2 Å². The molecule has 26 heavy (non-hydrogen) atoms. The maximum Gasteiger partial charge on any atom is 0.232 e. The van der Waals surface area contributed by atoms with Gasteiger partial charge in [-0.05, 0) is 36.8 Å². The highest BCUT2D eigenvalue weighted by atomic mass is 79.9. The lowest BCUT2D eigenvalue weighted by atomic mass is 10.2. The van der Waals surface area contributed by atoms with E-state index in [0.29, 0.717) is 5.82 Å². The van der Waals surface area contributed by atoms with Crippen LogP contribution in [0.2, 0.25) is 0 Å². The Labute approximate surface area is 165 Å². The summed E-state index contributed by atoms with van der Waals surface area (Å²) < 4.78 is 3.06. The van der Waals surface area contributed by atoms with Crippen LogP contribution in [0.1, 0.15) is 18.3 Å². The molecular formula is C19H19BrN4OS. The second-order valence-electron chi connectivity index (χ2n) is 5.65. The Bertz CT molecular complexity index is 865. The zero-order valence-corrected chi connectivity index (χ0v) is 16.8. The predicted octanol–water partition coefficient (Wildman–Crippen LogP) is 4.53. The van der Waals surface area contributed by atoms with Crippen molar-refractivity contribution in [3.05, 3.63) is 70.5 Å². The molecule has 0 unspecified atom stereocenters.